The van der Waals surface area contributed by atoms with E-state index in [2.05, 4.69) is 49.9 Å². The molecule has 1 saturated carbocycles. The van der Waals surface area contributed by atoms with E-state index in [0.29, 0.717) is 11.8 Å². The van der Waals surface area contributed by atoms with Gasteiger partial charge in [0.05, 0.1) is 6.10 Å². The maximum atomic E-state index is 13.5. The number of ketones is 1. The fourth-order valence-electron chi connectivity index (χ4n) is 5.06. The van der Waals surface area contributed by atoms with Crippen LogP contribution in [0.1, 0.15) is 56.0 Å². The molecule has 4 atom stereocenters. The summed E-state index contributed by atoms with van der Waals surface area (Å²) in [7, 11) is 0. The quantitative estimate of drug-likeness (QED) is 0.676. The molecule has 0 spiro atoms. The summed E-state index contributed by atoms with van der Waals surface area (Å²) in [6, 6.07) is 20.0. The first kappa shape index (κ1) is 19.4. The van der Waals surface area contributed by atoms with Crippen molar-refractivity contribution in [2.75, 3.05) is 0 Å². The summed E-state index contributed by atoms with van der Waals surface area (Å²) in [5.41, 5.74) is 1.84. The lowest BCUT2D eigenvalue weighted by molar-refractivity contribution is -0.217. The first-order valence-electron chi connectivity index (χ1n) is 10.5. The largest absolute Gasteiger partial charge is 0.352 e. The van der Waals surface area contributed by atoms with Crippen LogP contribution in [0.4, 0.5) is 0 Å². The minimum atomic E-state index is -0.538. The van der Waals surface area contributed by atoms with E-state index in [9.17, 15) is 4.79 Å². The highest BCUT2D eigenvalue weighted by atomic mass is 16.5. The Labute approximate surface area is 168 Å². The Morgan fingerprint density at radius 2 is 1.68 bits per heavy atom. The van der Waals surface area contributed by atoms with Crippen LogP contribution in [-0.2, 0) is 11.3 Å². The van der Waals surface area contributed by atoms with Gasteiger partial charge in [-0.1, -0.05) is 74.0 Å². The van der Waals surface area contributed by atoms with Crippen LogP contribution >= 0.6 is 0 Å². The van der Waals surface area contributed by atoms with Gasteiger partial charge in [0.25, 0.3) is 0 Å². The second-order valence-corrected chi connectivity index (χ2v) is 9.05. The number of hydrogen-bond donors (Lipinski definition) is 0. The predicted octanol–water partition coefficient (Wildman–Crippen LogP) is 5.31. The second kappa shape index (κ2) is 7.81. The molecule has 2 fully saturated rings. The highest BCUT2D eigenvalue weighted by Gasteiger charge is 2.52. The van der Waals surface area contributed by atoms with E-state index in [1.165, 1.54) is 12.0 Å². The molecule has 2 aromatic rings. The summed E-state index contributed by atoms with van der Waals surface area (Å²) in [4.78, 5) is 15.8. The number of benzene rings is 2. The number of rotatable bonds is 4. The lowest BCUT2D eigenvalue weighted by Crippen LogP contribution is -2.66. The summed E-state index contributed by atoms with van der Waals surface area (Å²) < 4.78 is 6.57. The Morgan fingerprint density at radius 1 is 1.04 bits per heavy atom. The summed E-state index contributed by atoms with van der Waals surface area (Å²) in [5, 5.41) is 0. The number of nitrogens with zero attached hydrogens (tertiary/aromatic N) is 1. The number of hydrogen-bond acceptors (Lipinski definition) is 3. The maximum Gasteiger partial charge on any atom is 0.206 e. The SMILES string of the molecule is C[C@@H]1CC[C@@H]2[C@@H](C1)O[C@@H](C(=O)c1ccccc1)N(Cc1ccccc1)C2(C)C. The van der Waals surface area contributed by atoms with Gasteiger partial charge in [-0.05, 0) is 38.2 Å². The van der Waals surface area contributed by atoms with Crippen molar-refractivity contribution in [3.63, 3.8) is 0 Å². The normalized spacial score (nSPS) is 29.8. The van der Waals surface area contributed by atoms with Gasteiger partial charge in [0.15, 0.2) is 6.23 Å². The Balaban J connectivity index is 1.70. The van der Waals surface area contributed by atoms with Crippen molar-refractivity contribution in [3.8, 4) is 0 Å². The molecule has 148 valence electrons. The predicted molar refractivity (Wildman–Crippen MR) is 112 cm³/mol. The van der Waals surface area contributed by atoms with Crippen LogP contribution in [0.25, 0.3) is 0 Å². The molecular weight excluding hydrogens is 346 g/mol. The number of ether oxygens (including phenoxy) is 1. The van der Waals surface area contributed by atoms with Gasteiger partial charge in [-0.25, -0.2) is 0 Å². The molecule has 0 unspecified atom stereocenters. The molecule has 2 aromatic carbocycles. The molecule has 3 nitrogen and oxygen atoms in total. The molecule has 0 radical (unpaired) electrons. The van der Waals surface area contributed by atoms with Crippen LogP contribution in [-0.4, -0.2) is 28.6 Å². The minimum Gasteiger partial charge on any atom is -0.352 e. The first-order valence-corrected chi connectivity index (χ1v) is 10.5. The summed E-state index contributed by atoms with van der Waals surface area (Å²) >= 11 is 0. The van der Waals surface area contributed by atoms with Crippen molar-refractivity contribution >= 4 is 5.78 Å². The smallest absolute Gasteiger partial charge is 0.206 e. The van der Waals surface area contributed by atoms with E-state index >= 15 is 0 Å². The third-order valence-corrected chi connectivity index (χ3v) is 6.77. The Hall–Kier alpha value is -1.97. The second-order valence-electron chi connectivity index (χ2n) is 9.05. The number of fused-ring (bicyclic) bond motifs is 1. The zero-order valence-electron chi connectivity index (χ0n) is 17.2. The molecule has 1 saturated heterocycles. The molecule has 0 N–H and O–H groups in total. The lowest BCUT2D eigenvalue weighted by atomic mass is 9.69. The van der Waals surface area contributed by atoms with Crippen molar-refractivity contribution in [1.82, 2.24) is 4.90 Å². The Morgan fingerprint density at radius 3 is 2.36 bits per heavy atom. The standard InChI is InChI=1S/C25H31NO2/c1-18-14-15-21-22(16-18)28-24(23(27)20-12-8-5-9-13-20)26(25(21,2)3)17-19-10-6-4-7-11-19/h4-13,18,21-22,24H,14-17H2,1-3H3/t18-,21-,22-,24+/m1/s1. The van der Waals surface area contributed by atoms with Gasteiger partial charge in [-0.3, -0.25) is 9.69 Å². The van der Waals surface area contributed by atoms with Crippen LogP contribution in [0.15, 0.2) is 60.7 Å². The van der Waals surface area contributed by atoms with Gasteiger partial charge in [0.2, 0.25) is 5.78 Å². The average molecular weight is 378 g/mol. The van der Waals surface area contributed by atoms with Crippen LogP contribution in [0.5, 0.6) is 0 Å². The highest BCUT2D eigenvalue weighted by Crippen LogP contribution is 2.46. The molecule has 0 amide bonds. The molecule has 4 rings (SSSR count). The monoisotopic (exact) mass is 377 g/mol. The molecule has 1 heterocycles. The first-order chi connectivity index (χ1) is 13.5. The van der Waals surface area contributed by atoms with Gasteiger partial charge in [-0.15, -0.1) is 0 Å². The van der Waals surface area contributed by atoms with Gasteiger partial charge >= 0.3 is 0 Å². The molecule has 0 bridgehead atoms. The number of Topliss-reactive ketones (excluding diaryl/α,β-unsaturated/α-hetero) is 1. The molecule has 3 heteroatoms. The third kappa shape index (κ3) is 3.66. The van der Waals surface area contributed by atoms with Gasteiger partial charge < -0.3 is 4.74 Å². The number of carbonyl (C=O) groups is 1. The summed E-state index contributed by atoms with van der Waals surface area (Å²) in [6.45, 7) is 7.63. The third-order valence-electron chi connectivity index (χ3n) is 6.77. The average Bonchev–Trinajstić information content (AvgIpc) is 2.70. The van der Waals surface area contributed by atoms with Gasteiger partial charge in [0, 0.05) is 23.6 Å². The van der Waals surface area contributed by atoms with Crippen LogP contribution in [0.2, 0.25) is 0 Å². The van der Waals surface area contributed by atoms with E-state index in [1.54, 1.807) is 0 Å². The van der Waals surface area contributed by atoms with Crippen LogP contribution in [0.3, 0.4) is 0 Å². The topological polar surface area (TPSA) is 29.5 Å². The maximum absolute atomic E-state index is 13.5. The Bertz CT molecular complexity index is 802. The molecular formula is C25H31NO2. The van der Waals surface area contributed by atoms with E-state index in [-0.39, 0.29) is 17.4 Å². The summed E-state index contributed by atoms with van der Waals surface area (Å²) in [5.74, 6) is 1.18. The number of carbonyl (C=O) groups excluding carboxylic acids is 1. The van der Waals surface area contributed by atoms with Crippen molar-refractivity contribution < 1.29 is 9.53 Å². The van der Waals surface area contributed by atoms with E-state index in [4.69, 9.17) is 4.74 Å². The molecule has 2 aliphatic rings. The molecule has 28 heavy (non-hydrogen) atoms. The van der Waals surface area contributed by atoms with Crippen molar-refractivity contribution in [3.05, 3.63) is 71.8 Å². The van der Waals surface area contributed by atoms with E-state index in [0.717, 1.165) is 24.9 Å². The summed E-state index contributed by atoms with van der Waals surface area (Å²) in [6.07, 6.45) is 3.07. The molecule has 1 aliphatic carbocycles. The zero-order chi connectivity index (χ0) is 19.7. The Kier molecular flexibility index (Phi) is 5.39. The fraction of sp³-hybridized carbons (Fsp3) is 0.480. The highest BCUT2D eigenvalue weighted by molar-refractivity contribution is 5.99. The molecule has 1 aliphatic heterocycles. The van der Waals surface area contributed by atoms with E-state index in [1.807, 2.05) is 36.4 Å². The van der Waals surface area contributed by atoms with Gasteiger partial charge in [-0.2, -0.15) is 0 Å². The minimum absolute atomic E-state index is 0.0706. The van der Waals surface area contributed by atoms with Gasteiger partial charge in [0.1, 0.15) is 0 Å². The zero-order valence-corrected chi connectivity index (χ0v) is 17.2. The van der Waals surface area contributed by atoms with Crippen molar-refractivity contribution in [1.29, 1.82) is 0 Å². The van der Waals surface area contributed by atoms with Crippen LogP contribution < -0.4 is 0 Å². The lowest BCUT2D eigenvalue weighted by Gasteiger charge is -2.56. The van der Waals surface area contributed by atoms with Crippen molar-refractivity contribution in [2.45, 2.75) is 64.4 Å². The fourth-order valence-corrected chi connectivity index (χ4v) is 5.06. The molecule has 0 aromatic heterocycles. The van der Waals surface area contributed by atoms with Crippen molar-refractivity contribution in [2.24, 2.45) is 11.8 Å². The van der Waals surface area contributed by atoms with Crippen LogP contribution in [0, 0.1) is 11.8 Å². The van der Waals surface area contributed by atoms with E-state index < -0.39 is 6.23 Å².